The molecule has 60 heavy (non-hydrogen) atoms. The van der Waals surface area contributed by atoms with E-state index in [1.807, 2.05) is 164 Å². The summed E-state index contributed by atoms with van der Waals surface area (Å²) in [5.74, 6) is 3.44. The van der Waals surface area contributed by atoms with Crippen molar-refractivity contribution in [2.45, 2.75) is 0 Å². The number of aromatic nitrogens is 6. The van der Waals surface area contributed by atoms with Crippen molar-refractivity contribution < 1.29 is 0 Å². The van der Waals surface area contributed by atoms with Gasteiger partial charge in [-0.3, -0.25) is 0 Å². The molecule has 0 fully saturated rings. The van der Waals surface area contributed by atoms with Crippen molar-refractivity contribution in [3.05, 3.63) is 206 Å². The monoisotopic (exact) mass is 767 g/mol. The SMILES string of the molecule is N#Cc1cc2ccc(-c3ccccc3-c3nc(-c4ccccc4)nc(-c4ccccc4)n3)cc2cc1-c1ccccc1-c1nc(-c2ccccc2)nc(-c2ccccc2)n1. The number of benzene rings is 8. The first-order valence-electron chi connectivity index (χ1n) is 19.6. The summed E-state index contributed by atoms with van der Waals surface area (Å²) >= 11 is 0. The van der Waals surface area contributed by atoms with E-state index in [0.717, 1.165) is 66.4 Å². The van der Waals surface area contributed by atoms with Crippen LogP contribution in [0.15, 0.2) is 200 Å². The molecule has 0 saturated carbocycles. The molecular weight excluding hydrogens is 735 g/mol. The van der Waals surface area contributed by atoms with Gasteiger partial charge in [0.15, 0.2) is 34.9 Å². The second kappa shape index (κ2) is 15.8. The Morgan fingerprint density at radius 1 is 0.267 bits per heavy atom. The summed E-state index contributed by atoms with van der Waals surface area (Å²) in [6, 6.07) is 68.9. The highest BCUT2D eigenvalue weighted by Gasteiger charge is 2.19. The molecule has 0 aliphatic carbocycles. The molecule has 0 aliphatic heterocycles. The highest BCUT2D eigenvalue weighted by Crippen LogP contribution is 2.39. The van der Waals surface area contributed by atoms with E-state index < -0.39 is 0 Å². The van der Waals surface area contributed by atoms with Crippen molar-refractivity contribution >= 4 is 10.8 Å². The summed E-state index contributed by atoms with van der Waals surface area (Å²) in [6.07, 6.45) is 0. The van der Waals surface area contributed by atoms with Crippen molar-refractivity contribution in [3.63, 3.8) is 0 Å². The Labute approximate surface area is 347 Å². The number of hydrogen-bond acceptors (Lipinski definition) is 7. The van der Waals surface area contributed by atoms with Gasteiger partial charge < -0.3 is 0 Å². The Morgan fingerprint density at radius 2 is 0.633 bits per heavy atom. The van der Waals surface area contributed by atoms with Crippen molar-refractivity contribution in [1.82, 2.24) is 29.9 Å². The van der Waals surface area contributed by atoms with Gasteiger partial charge in [-0.15, -0.1) is 0 Å². The van der Waals surface area contributed by atoms with E-state index in [4.69, 9.17) is 29.9 Å². The Kier molecular flexibility index (Phi) is 9.47. The van der Waals surface area contributed by atoms with Gasteiger partial charge >= 0.3 is 0 Å². The minimum Gasteiger partial charge on any atom is -0.208 e. The lowest BCUT2D eigenvalue weighted by Gasteiger charge is -2.15. The van der Waals surface area contributed by atoms with E-state index in [0.29, 0.717) is 40.5 Å². The third-order valence-electron chi connectivity index (χ3n) is 10.4. The van der Waals surface area contributed by atoms with Crippen LogP contribution in [0.3, 0.4) is 0 Å². The van der Waals surface area contributed by atoms with E-state index >= 15 is 0 Å². The summed E-state index contributed by atoms with van der Waals surface area (Å²) in [5.41, 5.74) is 9.41. The zero-order valence-corrected chi connectivity index (χ0v) is 32.2. The van der Waals surface area contributed by atoms with Gasteiger partial charge in [-0.1, -0.05) is 182 Å². The molecule has 280 valence electrons. The van der Waals surface area contributed by atoms with Crippen LogP contribution in [0.25, 0.3) is 101 Å². The summed E-state index contributed by atoms with van der Waals surface area (Å²) in [6.45, 7) is 0. The van der Waals surface area contributed by atoms with Gasteiger partial charge in [0.25, 0.3) is 0 Å². The molecular formula is C53H33N7. The van der Waals surface area contributed by atoms with Crippen LogP contribution in [0.2, 0.25) is 0 Å². The van der Waals surface area contributed by atoms with Crippen LogP contribution in [0.4, 0.5) is 0 Å². The molecule has 7 nitrogen and oxygen atoms in total. The molecule has 0 bridgehead atoms. The van der Waals surface area contributed by atoms with Crippen LogP contribution in [-0.2, 0) is 0 Å². The number of hydrogen-bond donors (Lipinski definition) is 0. The fourth-order valence-electron chi connectivity index (χ4n) is 7.48. The first kappa shape index (κ1) is 35.9. The molecule has 0 aliphatic rings. The molecule has 0 N–H and O–H groups in total. The van der Waals surface area contributed by atoms with Crippen LogP contribution in [-0.4, -0.2) is 29.9 Å². The maximum Gasteiger partial charge on any atom is 0.164 e. The summed E-state index contributed by atoms with van der Waals surface area (Å²) in [4.78, 5) is 29.9. The molecule has 0 saturated heterocycles. The van der Waals surface area contributed by atoms with Gasteiger partial charge in [0.1, 0.15) is 0 Å². The topological polar surface area (TPSA) is 101 Å². The normalized spacial score (nSPS) is 11.0. The fourth-order valence-corrected chi connectivity index (χ4v) is 7.48. The molecule has 0 unspecified atom stereocenters. The van der Waals surface area contributed by atoms with Gasteiger partial charge in [-0.25, -0.2) is 29.9 Å². The summed E-state index contributed by atoms with van der Waals surface area (Å²) in [5, 5.41) is 12.5. The van der Waals surface area contributed by atoms with E-state index in [2.05, 4.69) is 42.5 Å². The van der Waals surface area contributed by atoms with Gasteiger partial charge in [-0.2, -0.15) is 5.26 Å². The van der Waals surface area contributed by atoms with Crippen molar-refractivity contribution in [2.24, 2.45) is 0 Å². The quantitative estimate of drug-likeness (QED) is 0.152. The first-order chi connectivity index (χ1) is 29.7. The molecule has 0 spiro atoms. The Balaban J connectivity index is 1.11. The van der Waals surface area contributed by atoms with E-state index in [-0.39, 0.29) is 0 Å². The second-order valence-corrected chi connectivity index (χ2v) is 14.2. The number of nitrogens with zero attached hydrogens (tertiary/aromatic N) is 7. The predicted octanol–water partition coefficient (Wildman–Crippen LogP) is 12.4. The molecule has 8 aromatic carbocycles. The smallest absolute Gasteiger partial charge is 0.164 e. The zero-order valence-electron chi connectivity index (χ0n) is 32.2. The standard InChI is InChI=1S/C53H33N7/c54-34-42-31-39-29-30-40(43-25-13-15-27-45(43)52-57-48(35-17-5-1-6-18-35)55-49(58-52)36-19-7-2-8-20-36)32-41(39)33-47(42)44-26-14-16-28-46(44)53-59-50(37-21-9-3-10-22-37)56-51(60-53)38-23-11-4-12-24-38/h1-33H. The van der Waals surface area contributed by atoms with Gasteiger partial charge in [0.2, 0.25) is 0 Å². The average Bonchev–Trinajstić information content (AvgIpc) is 3.34. The molecule has 0 atom stereocenters. The van der Waals surface area contributed by atoms with Crippen molar-refractivity contribution in [2.75, 3.05) is 0 Å². The van der Waals surface area contributed by atoms with Crippen LogP contribution in [0.5, 0.6) is 0 Å². The van der Waals surface area contributed by atoms with Crippen LogP contribution in [0, 0.1) is 11.3 Å². The fraction of sp³-hybridized carbons (Fsp3) is 0. The van der Waals surface area contributed by atoms with Gasteiger partial charge in [-0.05, 0) is 45.7 Å². The molecule has 0 amide bonds. The van der Waals surface area contributed by atoms with Gasteiger partial charge in [0, 0.05) is 38.9 Å². The van der Waals surface area contributed by atoms with Gasteiger partial charge in [0.05, 0.1) is 11.6 Å². The lowest BCUT2D eigenvalue weighted by molar-refractivity contribution is 1.07. The third kappa shape index (κ3) is 7.06. The zero-order chi connectivity index (χ0) is 40.3. The number of nitriles is 1. The molecule has 0 radical (unpaired) electrons. The summed E-state index contributed by atoms with van der Waals surface area (Å²) in [7, 11) is 0. The Morgan fingerprint density at radius 3 is 1.07 bits per heavy atom. The predicted molar refractivity (Wildman–Crippen MR) is 239 cm³/mol. The molecule has 10 aromatic rings. The minimum absolute atomic E-state index is 0.520. The molecule has 2 heterocycles. The van der Waals surface area contributed by atoms with Crippen LogP contribution >= 0.6 is 0 Å². The van der Waals surface area contributed by atoms with Crippen LogP contribution < -0.4 is 0 Å². The lowest BCUT2D eigenvalue weighted by atomic mass is 9.91. The summed E-state index contributed by atoms with van der Waals surface area (Å²) < 4.78 is 0. The first-order valence-corrected chi connectivity index (χ1v) is 19.6. The maximum atomic E-state index is 10.6. The van der Waals surface area contributed by atoms with E-state index in [1.165, 1.54) is 0 Å². The molecule has 7 heteroatoms. The van der Waals surface area contributed by atoms with E-state index in [9.17, 15) is 5.26 Å². The minimum atomic E-state index is 0.520. The number of fused-ring (bicyclic) bond motifs is 1. The van der Waals surface area contributed by atoms with E-state index in [1.54, 1.807) is 0 Å². The largest absolute Gasteiger partial charge is 0.208 e. The molecule has 2 aromatic heterocycles. The Hall–Kier alpha value is -8.47. The lowest BCUT2D eigenvalue weighted by Crippen LogP contribution is -2.01. The third-order valence-corrected chi connectivity index (χ3v) is 10.4. The van der Waals surface area contributed by atoms with Crippen LogP contribution in [0.1, 0.15) is 5.56 Å². The second-order valence-electron chi connectivity index (χ2n) is 14.2. The van der Waals surface area contributed by atoms with Crippen molar-refractivity contribution in [3.8, 4) is 96.7 Å². The molecule has 10 rings (SSSR count). The highest BCUT2D eigenvalue weighted by molar-refractivity contribution is 5.97. The van der Waals surface area contributed by atoms with Crippen molar-refractivity contribution in [1.29, 1.82) is 5.26 Å². The Bertz CT molecular complexity index is 3090. The average molecular weight is 768 g/mol. The highest BCUT2D eigenvalue weighted by atomic mass is 15.0. The maximum absolute atomic E-state index is 10.6. The number of rotatable bonds is 8.